The maximum absolute atomic E-state index is 13.5. The fraction of sp³-hybridized carbons (Fsp3) is 0.467. The van der Waals surface area contributed by atoms with Crippen molar-refractivity contribution in [3.8, 4) is 0 Å². The molecule has 0 unspecified atom stereocenters. The molecule has 130 valence electrons. The molecule has 2 heterocycles. The van der Waals surface area contributed by atoms with E-state index in [2.05, 4.69) is 10.4 Å². The molecule has 1 saturated heterocycles. The van der Waals surface area contributed by atoms with Gasteiger partial charge in [-0.15, -0.1) is 0 Å². The van der Waals surface area contributed by atoms with Crippen LogP contribution in [0.5, 0.6) is 0 Å². The van der Waals surface area contributed by atoms with Gasteiger partial charge in [-0.2, -0.15) is 18.3 Å². The lowest BCUT2D eigenvalue weighted by Crippen LogP contribution is -2.40. The number of likely N-dealkylation sites (N-methyl/N-ethyl adjacent to an activating group) is 1. The zero-order valence-corrected chi connectivity index (χ0v) is 12.9. The van der Waals surface area contributed by atoms with Gasteiger partial charge in [0.2, 0.25) is 5.91 Å². The standard InChI is InChI=1S/C15H16F4N4O/c1-22(8-15(17,18)19)13(24)7-23-12-4-10(16)2-3-11(12)14(21-23)9-5-20-6-9/h2-4,9,20H,5-8H2,1H3. The van der Waals surface area contributed by atoms with Crippen molar-refractivity contribution in [1.82, 2.24) is 20.0 Å². The Morgan fingerprint density at radius 1 is 1.42 bits per heavy atom. The molecule has 0 aliphatic carbocycles. The van der Waals surface area contributed by atoms with Crippen LogP contribution in [0.1, 0.15) is 11.6 Å². The lowest BCUT2D eigenvalue weighted by molar-refractivity contribution is -0.158. The van der Waals surface area contributed by atoms with E-state index >= 15 is 0 Å². The first-order chi connectivity index (χ1) is 11.2. The lowest BCUT2D eigenvalue weighted by Gasteiger charge is -2.25. The highest BCUT2D eigenvalue weighted by molar-refractivity contribution is 5.85. The first-order valence-electron chi connectivity index (χ1n) is 7.42. The maximum Gasteiger partial charge on any atom is 0.406 e. The molecule has 1 aromatic heterocycles. The molecule has 0 atom stereocenters. The summed E-state index contributed by atoms with van der Waals surface area (Å²) in [6.07, 6.45) is -4.47. The monoisotopic (exact) mass is 344 g/mol. The highest BCUT2D eigenvalue weighted by Gasteiger charge is 2.32. The van der Waals surface area contributed by atoms with Gasteiger partial charge in [0.15, 0.2) is 0 Å². The van der Waals surface area contributed by atoms with E-state index in [4.69, 9.17) is 0 Å². The van der Waals surface area contributed by atoms with Crippen LogP contribution in [0.4, 0.5) is 17.6 Å². The summed E-state index contributed by atoms with van der Waals surface area (Å²) in [5, 5.41) is 8.18. The molecular weight excluding hydrogens is 328 g/mol. The molecule has 0 radical (unpaired) electrons. The first-order valence-corrected chi connectivity index (χ1v) is 7.42. The van der Waals surface area contributed by atoms with Gasteiger partial charge < -0.3 is 10.2 Å². The van der Waals surface area contributed by atoms with Gasteiger partial charge in [-0.25, -0.2) is 4.39 Å². The van der Waals surface area contributed by atoms with Gasteiger partial charge in [-0.05, 0) is 18.2 Å². The highest BCUT2D eigenvalue weighted by atomic mass is 19.4. The van der Waals surface area contributed by atoms with Gasteiger partial charge in [0, 0.05) is 31.4 Å². The summed E-state index contributed by atoms with van der Waals surface area (Å²) in [4.78, 5) is 12.6. The zero-order chi connectivity index (χ0) is 17.5. The molecule has 1 aliphatic rings. The quantitative estimate of drug-likeness (QED) is 0.862. The smallest absolute Gasteiger partial charge is 0.335 e. The number of carbonyl (C=O) groups excluding carboxylic acids is 1. The number of alkyl halides is 3. The van der Waals surface area contributed by atoms with Crippen LogP contribution in [-0.4, -0.2) is 53.4 Å². The third-order valence-electron chi connectivity index (χ3n) is 4.04. The zero-order valence-electron chi connectivity index (χ0n) is 12.9. The average molecular weight is 344 g/mol. The van der Waals surface area contributed by atoms with Crippen LogP contribution < -0.4 is 5.32 Å². The van der Waals surface area contributed by atoms with Crippen molar-refractivity contribution in [2.24, 2.45) is 0 Å². The van der Waals surface area contributed by atoms with Gasteiger partial charge in [-0.3, -0.25) is 9.48 Å². The highest BCUT2D eigenvalue weighted by Crippen LogP contribution is 2.28. The molecule has 3 rings (SSSR count). The van der Waals surface area contributed by atoms with E-state index in [9.17, 15) is 22.4 Å². The number of amides is 1. The largest absolute Gasteiger partial charge is 0.406 e. The van der Waals surface area contributed by atoms with Crippen LogP contribution in [0.3, 0.4) is 0 Å². The number of carbonyl (C=O) groups is 1. The SMILES string of the molecule is CN(CC(F)(F)F)C(=O)Cn1nc(C2CNC2)c2ccc(F)cc21. The molecule has 0 spiro atoms. The Bertz CT molecular complexity index is 767. The number of fused-ring (bicyclic) bond motifs is 1. The summed E-state index contributed by atoms with van der Waals surface area (Å²) < 4.78 is 52.0. The molecule has 9 heteroatoms. The number of hydrogen-bond donors (Lipinski definition) is 1. The third kappa shape index (κ3) is 3.35. The number of hydrogen-bond acceptors (Lipinski definition) is 3. The molecule has 1 aromatic carbocycles. The summed E-state index contributed by atoms with van der Waals surface area (Å²) in [5.74, 6) is -1.07. The van der Waals surface area contributed by atoms with Crippen LogP contribution in [0.2, 0.25) is 0 Å². The topological polar surface area (TPSA) is 50.2 Å². The Kier molecular flexibility index (Phi) is 4.20. The van der Waals surface area contributed by atoms with E-state index in [0.29, 0.717) is 15.8 Å². The number of halogens is 4. The van der Waals surface area contributed by atoms with E-state index in [1.807, 2.05) is 0 Å². The predicted octanol–water partition coefficient (Wildman–Crippen LogP) is 1.88. The van der Waals surface area contributed by atoms with Crippen molar-refractivity contribution in [1.29, 1.82) is 0 Å². The molecule has 5 nitrogen and oxygen atoms in total. The van der Waals surface area contributed by atoms with Crippen LogP contribution >= 0.6 is 0 Å². The van der Waals surface area contributed by atoms with E-state index in [-0.39, 0.29) is 12.5 Å². The second-order valence-electron chi connectivity index (χ2n) is 5.92. The number of nitrogens with one attached hydrogen (secondary N) is 1. The average Bonchev–Trinajstić information content (AvgIpc) is 2.73. The molecule has 1 amide bonds. The van der Waals surface area contributed by atoms with E-state index in [1.165, 1.54) is 16.8 Å². The minimum atomic E-state index is -4.47. The molecular formula is C15H16F4N4O. The van der Waals surface area contributed by atoms with Crippen molar-refractivity contribution in [3.05, 3.63) is 29.7 Å². The summed E-state index contributed by atoms with van der Waals surface area (Å²) in [7, 11) is 1.08. The summed E-state index contributed by atoms with van der Waals surface area (Å²) in [6.45, 7) is -0.248. The maximum atomic E-state index is 13.5. The second kappa shape index (κ2) is 6.04. The Morgan fingerprint density at radius 3 is 2.71 bits per heavy atom. The Labute approximate surface area is 135 Å². The first kappa shape index (κ1) is 16.7. The molecule has 0 saturated carbocycles. The molecule has 0 bridgehead atoms. The Morgan fingerprint density at radius 2 is 2.12 bits per heavy atom. The van der Waals surface area contributed by atoms with Crippen molar-refractivity contribution in [2.75, 3.05) is 26.7 Å². The van der Waals surface area contributed by atoms with Crippen molar-refractivity contribution >= 4 is 16.8 Å². The summed E-state index contributed by atoms with van der Waals surface area (Å²) in [5.41, 5.74) is 1.14. The van der Waals surface area contributed by atoms with Gasteiger partial charge in [0.05, 0.1) is 11.2 Å². The van der Waals surface area contributed by atoms with Crippen LogP contribution in [0.25, 0.3) is 10.9 Å². The van der Waals surface area contributed by atoms with Gasteiger partial charge >= 0.3 is 6.18 Å². The lowest BCUT2D eigenvalue weighted by atomic mass is 9.96. The third-order valence-corrected chi connectivity index (χ3v) is 4.04. The number of benzene rings is 1. The molecule has 1 N–H and O–H groups in total. The van der Waals surface area contributed by atoms with E-state index in [0.717, 1.165) is 25.8 Å². The van der Waals surface area contributed by atoms with E-state index < -0.39 is 24.4 Å². The van der Waals surface area contributed by atoms with Crippen molar-refractivity contribution in [3.63, 3.8) is 0 Å². The second-order valence-corrected chi connectivity index (χ2v) is 5.92. The molecule has 1 fully saturated rings. The van der Waals surface area contributed by atoms with Crippen LogP contribution in [0, 0.1) is 5.82 Å². The van der Waals surface area contributed by atoms with Crippen molar-refractivity contribution < 1.29 is 22.4 Å². The number of rotatable bonds is 4. The Hall–Kier alpha value is -2.16. The summed E-state index contributed by atoms with van der Waals surface area (Å²) >= 11 is 0. The van der Waals surface area contributed by atoms with Gasteiger partial charge in [0.1, 0.15) is 18.9 Å². The van der Waals surface area contributed by atoms with Crippen LogP contribution in [-0.2, 0) is 11.3 Å². The fourth-order valence-corrected chi connectivity index (χ4v) is 2.68. The predicted molar refractivity (Wildman–Crippen MR) is 79.0 cm³/mol. The molecule has 24 heavy (non-hydrogen) atoms. The summed E-state index contributed by atoms with van der Waals surface area (Å²) in [6, 6.07) is 4.14. The van der Waals surface area contributed by atoms with Crippen LogP contribution in [0.15, 0.2) is 18.2 Å². The number of nitrogens with zero attached hydrogens (tertiary/aromatic N) is 3. The number of aromatic nitrogens is 2. The van der Waals surface area contributed by atoms with Gasteiger partial charge in [0.25, 0.3) is 0 Å². The molecule has 2 aromatic rings. The Balaban J connectivity index is 1.88. The minimum Gasteiger partial charge on any atom is -0.335 e. The van der Waals surface area contributed by atoms with Gasteiger partial charge in [-0.1, -0.05) is 0 Å². The fourth-order valence-electron chi connectivity index (χ4n) is 2.68. The molecule has 1 aliphatic heterocycles. The van der Waals surface area contributed by atoms with Crippen molar-refractivity contribution in [2.45, 2.75) is 18.6 Å². The minimum absolute atomic E-state index is 0.155. The van der Waals surface area contributed by atoms with E-state index in [1.54, 1.807) is 6.07 Å². The normalized spacial score (nSPS) is 15.5.